The molecule has 12 heteroatoms. The van der Waals surface area contributed by atoms with Crippen molar-refractivity contribution in [3.05, 3.63) is 99.3 Å². The van der Waals surface area contributed by atoms with Gasteiger partial charge in [0.1, 0.15) is 17.8 Å². The highest BCUT2D eigenvalue weighted by Gasteiger charge is 2.33. The van der Waals surface area contributed by atoms with Gasteiger partial charge in [-0.25, -0.2) is 14.1 Å². The molecule has 212 valence electrons. The zero-order chi connectivity index (χ0) is 28.9. The zero-order valence-corrected chi connectivity index (χ0v) is 21.6. The second-order valence-electron chi connectivity index (χ2n) is 9.54. The minimum Gasteiger partial charge on any atom is -0.267 e. The standard InChI is InChI=1S/C21H20F5N5O.C7H7F/c22-20(23)31-18(27-12-28-31)17-10-15(13-6-2-1-3-7-13)19(32)30(29-17)11-14-8-4-5-9-16(14)21(24,25)26;1-6-3-2-4-7(8)5-6/h4-5,8-10,12-13,20H,1-3,6-7,11H2;2-5H,1H3. The molecule has 1 aliphatic carbocycles. The zero-order valence-electron chi connectivity index (χ0n) is 21.6. The van der Waals surface area contributed by atoms with E-state index in [4.69, 9.17) is 0 Å². The minimum atomic E-state index is -4.61. The van der Waals surface area contributed by atoms with Crippen molar-refractivity contribution in [3.8, 4) is 11.5 Å². The molecule has 4 aromatic rings. The van der Waals surface area contributed by atoms with Gasteiger partial charge < -0.3 is 0 Å². The molecule has 2 aromatic heterocycles. The van der Waals surface area contributed by atoms with Crippen molar-refractivity contribution in [2.75, 3.05) is 0 Å². The number of aryl methyl sites for hydroxylation is 1. The Morgan fingerprint density at radius 3 is 2.35 bits per heavy atom. The van der Waals surface area contributed by atoms with Crippen molar-refractivity contribution < 1.29 is 26.3 Å². The highest BCUT2D eigenvalue weighted by Crippen LogP contribution is 2.34. The molecule has 40 heavy (non-hydrogen) atoms. The van der Waals surface area contributed by atoms with Crippen LogP contribution in [0.1, 0.15) is 66.8 Å². The molecule has 0 radical (unpaired) electrons. The molecule has 0 bridgehead atoms. The lowest BCUT2D eigenvalue weighted by Crippen LogP contribution is -2.30. The highest BCUT2D eigenvalue weighted by atomic mass is 19.4. The number of halogens is 6. The molecule has 1 fully saturated rings. The fourth-order valence-electron chi connectivity index (χ4n) is 4.76. The van der Waals surface area contributed by atoms with Crippen LogP contribution in [0.25, 0.3) is 11.5 Å². The van der Waals surface area contributed by atoms with E-state index in [2.05, 4.69) is 15.2 Å². The molecule has 0 atom stereocenters. The van der Waals surface area contributed by atoms with E-state index in [1.165, 1.54) is 36.4 Å². The van der Waals surface area contributed by atoms with Gasteiger partial charge in [0.05, 0.1) is 12.1 Å². The van der Waals surface area contributed by atoms with Gasteiger partial charge in [-0.1, -0.05) is 49.6 Å². The number of hydrogen-bond acceptors (Lipinski definition) is 4. The predicted molar refractivity (Wildman–Crippen MR) is 136 cm³/mol. The Balaban J connectivity index is 0.000000398. The lowest BCUT2D eigenvalue weighted by molar-refractivity contribution is -0.138. The van der Waals surface area contributed by atoms with Crippen LogP contribution in [0.3, 0.4) is 0 Å². The molecule has 5 rings (SSSR count). The summed E-state index contributed by atoms with van der Waals surface area (Å²) in [6.07, 6.45) is 0.648. The average Bonchev–Trinajstić information content (AvgIpc) is 3.41. The van der Waals surface area contributed by atoms with Crippen LogP contribution in [-0.4, -0.2) is 24.5 Å². The summed E-state index contributed by atoms with van der Waals surface area (Å²) >= 11 is 0. The Bertz CT molecular complexity index is 1470. The van der Waals surface area contributed by atoms with Gasteiger partial charge in [-0.15, -0.1) is 0 Å². The Labute approximate surface area is 226 Å². The summed E-state index contributed by atoms with van der Waals surface area (Å²) in [5, 5.41) is 7.61. The van der Waals surface area contributed by atoms with Gasteiger partial charge in [-0.05, 0) is 61.1 Å². The van der Waals surface area contributed by atoms with E-state index in [9.17, 15) is 31.1 Å². The molecule has 0 spiro atoms. The molecule has 2 heterocycles. The first kappa shape index (κ1) is 29.0. The largest absolute Gasteiger partial charge is 0.416 e. The van der Waals surface area contributed by atoms with Gasteiger partial charge >= 0.3 is 12.7 Å². The lowest BCUT2D eigenvalue weighted by atomic mass is 9.84. The lowest BCUT2D eigenvalue weighted by Gasteiger charge is -2.22. The second-order valence-corrected chi connectivity index (χ2v) is 9.54. The van der Waals surface area contributed by atoms with E-state index in [1.807, 2.05) is 13.0 Å². The number of hydrogen-bond donors (Lipinski definition) is 0. The maximum absolute atomic E-state index is 13.5. The summed E-state index contributed by atoms with van der Waals surface area (Å²) < 4.78 is 80.5. The van der Waals surface area contributed by atoms with Crippen molar-refractivity contribution in [1.82, 2.24) is 24.5 Å². The maximum Gasteiger partial charge on any atom is 0.416 e. The predicted octanol–water partition coefficient (Wildman–Crippen LogP) is 7.15. The minimum absolute atomic E-state index is 0.0348. The van der Waals surface area contributed by atoms with Crippen LogP contribution in [0.5, 0.6) is 0 Å². The molecule has 1 saturated carbocycles. The van der Waals surface area contributed by atoms with Crippen molar-refractivity contribution in [1.29, 1.82) is 0 Å². The molecule has 0 saturated heterocycles. The van der Waals surface area contributed by atoms with E-state index >= 15 is 0 Å². The van der Waals surface area contributed by atoms with E-state index in [1.54, 1.807) is 6.07 Å². The Morgan fingerprint density at radius 1 is 1.00 bits per heavy atom. The number of rotatable bonds is 5. The molecular weight excluding hydrogens is 536 g/mol. The van der Waals surface area contributed by atoms with E-state index in [0.717, 1.165) is 54.7 Å². The summed E-state index contributed by atoms with van der Waals surface area (Å²) in [6.45, 7) is -1.58. The summed E-state index contributed by atoms with van der Waals surface area (Å²) in [5.41, 5.74) is -0.271. The van der Waals surface area contributed by atoms with Gasteiger partial charge in [-0.2, -0.15) is 36.8 Å². The average molecular weight is 564 g/mol. The molecule has 0 aliphatic heterocycles. The number of aromatic nitrogens is 5. The third-order valence-electron chi connectivity index (χ3n) is 6.66. The normalized spacial score (nSPS) is 14.2. The van der Waals surface area contributed by atoms with Crippen molar-refractivity contribution in [3.63, 3.8) is 0 Å². The first-order valence-electron chi connectivity index (χ1n) is 12.7. The highest BCUT2D eigenvalue weighted by molar-refractivity contribution is 5.50. The first-order valence-corrected chi connectivity index (χ1v) is 12.7. The van der Waals surface area contributed by atoms with Gasteiger partial charge in [0.15, 0.2) is 5.82 Å². The van der Waals surface area contributed by atoms with Gasteiger partial charge in [0, 0.05) is 5.56 Å². The fourth-order valence-corrected chi connectivity index (χ4v) is 4.76. The summed E-state index contributed by atoms with van der Waals surface area (Å²) in [7, 11) is 0. The van der Waals surface area contributed by atoms with Crippen molar-refractivity contribution >= 4 is 0 Å². The van der Waals surface area contributed by atoms with Crippen LogP contribution in [0.4, 0.5) is 26.3 Å². The molecule has 0 N–H and O–H groups in total. The fraction of sp³-hybridized carbons (Fsp3) is 0.357. The van der Waals surface area contributed by atoms with E-state index < -0.39 is 30.4 Å². The Hall–Kier alpha value is -3.96. The van der Waals surface area contributed by atoms with Crippen LogP contribution in [0.2, 0.25) is 0 Å². The SMILES string of the molecule is Cc1cccc(F)c1.O=c1c(C2CCCCC2)cc(-c2ncnn2C(F)F)nn1Cc1ccccc1C(F)(F)F. The molecule has 2 aromatic carbocycles. The van der Waals surface area contributed by atoms with Gasteiger partial charge in [0.2, 0.25) is 0 Å². The van der Waals surface area contributed by atoms with E-state index in [-0.39, 0.29) is 28.8 Å². The molecule has 1 aliphatic rings. The van der Waals surface area contributed by atoms with Crippen LogP contribution < -0.4 is 5.56 Å². The summed E-state index contributed by atoms with van der Waals surface area (Å²) in [5.74, 6) is -0.537. The Kier molecular flexibility index (Phi) is 9.06. The second kappa shape index (κ2) is 12.5. The molecular formula is C28H27F6N5O. The third-order valence-corrected chi connectivity index (χ3v) is 6.66. The van der Waals surface area contributed by atoms with E-state index in [0.29, 0.717) is 10.2 Å². The van der Waals surface area contributed by atoms with Crippen LogP contribution >= 0.6 is 0 Å². The summed E-state index contributed by atoms with van der Waals surface area (Å²) in [4.78, 5) is 17.0. The third kappa shape index (κ3) is 6.97. The number of alkyl halides is 5. The Morgan fingerprint density at radius 2 is 1.73 bits per heavy atom. The maximum atomic E-state index is 13.5. The molecule has 0 unspecified atom stereocenters. The first-order chi connectivity index (χ1) is 19.0. The van der Waals surface area contributed by atoms with Gasteiger partial charge in [-0.3, -0.25) is 4.79 Å². The quantitative estimate of drug-likeness (QED) is 0.242. The van der Waals surface area contributed by atoms with Crippen LogP contribution in [0.15, 0.2) is 65.7 Å². The van der Waals surface area contributed by atoms with Crippen LogP contribution in [-0.2, 0) is 12.7 Å². The number of nitrogens with zero attached hydrogens (tertiary/aromatic N) is 5. The molecule has 0 amide bonds. The number of benzene rings is 2. The monoisotopic (exact) mass is 563 g/mol. The topological polar surface area (TPSA) is 65.6 Å². The van der Waals surface area contributed by atoms with Gasteiger partial charge in [0.25, 0.3) is 5.56 Å². The summed E-state index contributed by atoms with van der Waals surface area (Å²) in [6, 6.07) is 12.8. The smallest absolute Gasteiger partial charge is 0.267 e. The van der Waals surface area contributed by atoms with Crippen LogP contribution in [0, 0.1) is 12.7 Å². The molecule has 6 nitrogen and oxygen atoms in total. The van der Waals surface area contributed by atoms with Crippen molar-refractivity contribution in [2.24, 2.45) is 0 Å². The van der Waals surface area contributed by atoms with Crippen molar-refractivity contribution in [2.45, 2.75) is 64.2 Å².